The molecule has 3 nitrogen and oxygen atoms in total. The van der Waals surface area contributed by atoms with E-state index in [9.17, 15) is 9.18 Å². The Kier molecular flexibility index (Phi) is 2.78. The van der Waals surface area contributed by atoms with E-state index in [-0.39, 0.29) is 5.82 Å². The SMILES string of the molecule is O=C(O)C1Cc2cc(F)c(-c3ccccn3)cc2C1. The first-order valence-electron chi connectivity index (χ1n) is 6.10. The predicted molar refractivity (Wildman–Crippen MR) is 68.2 cm³/mol. The van der Waals surface area contributed by atoms with Crippen molar-refractivity contribution in [2.75, 3.05) is 0 Å². The highest BCUT2D eigenvalue weighted by molar-refractivity contribution is 5.73. The molecular formula is C15H12FNO2. The first-order valence-corrected chi connectivity index (χ1v) is 6.10. The molecule has 3 rings (SSSR count). The standard InChI is InChI=1S/C15H12FNO2/c16-13-8-10-6-11(15(18)19)5-9(10)7-12(13)14-3-1-2-4-17-14/h1-4,7-8,11H,5-6H2,(H,18,19). The zero-order chi connectivity index (χ0) is 13.4. The molecule has 1 aromatic carbocycles. The van der Waals surface area contributed by atoms with E-state index in [1.165, 1.54) is 6.07 Å². The molecule has 0 bridgehead atoms. The van der Waals surface area contributed by atoms with Gasteiger partial charge < -0.3 is 5.11 Å². The summed E-state index contributed by atoms with van der Waals surface area (Å²) in [7, 11) is 0. The summed E-state index contributed by atoms with van der Waals surface area (Å²) >= 11 is 0. The maximum atomic E-state index is 14.1. The number of rotatable bonds is 2. The van der Waals surface area contributed by atoms with Gasteiger partial charge in [-0.25, -0.2) is 4.39 Å². The van der Waals surface area contributed by atoms with Gasteiger partial charge in [-0.15, -0.1) is 0 Å². The highest BCUT2D eigenvalue weighted by atomic mass is 19.1. The summed E-state index contributed by atoms with van der Waals surface area (Å²) in [5.41, 5.74) is 2.71. The molecule has 4 heteroatoms. The summed E-state index contributed by atoms with van der Waals surface area (Å²) in [6.45, 7) is 0. The summed E-state index contributed by atoms with van der Waals surface area (Å²) in [5, 5.41) is 9.03. The quantitative estimate of drug-likeness (QED) is 0.899. The largest absolute Gasteiger partial charge is 0.481 e. The van der Waals surface area contributed by atoms with Crippen LogP contribution >= 0.6 is 0 Å². The number of aliphatic carboxylic acids is 1. The van der Waals surface area contributed by atoms with E-state index in [0.717, 1.165) is 11.1 Å². The van der Waals surface area contributed by atoms with Crippen molar-refractivity contribution in [3.63, 3.8) is 0 Å². The van der Waals surface area contributed by atoms with Crippen LogP contribution in [-0.4, -0.2) is 16.1 Å². The molecule has 0 saturated carbocycles. The lowest BCUT2D eigenvalue weighted by Crippen LogP contribution is -2.12. The van der Waals surface area contributed by atoms with Crippen molar-refractivity contribution in [2.45, 2.75) is 12.8 Å². The van der Waals surface area contributed by atoms with E-state index in [1.54, 1.807) is 30.5 Å². The van der Waals surface area contributed by atoms with Crippen molar-refractivity contribution >= 4 is 5.97 Å². The molecular weight excluding hydrogens is 245 g/mol. The van der Waals surface area contributed by atoms with Crippen molar-refractivity contribution in [1.29, 1.82) is 0 Å². The van der Waals surface area contributed by atoms with Crippen molar-refractivity contribution in [3.05, 3.63) is 53.5 Å². The maximum Gasteiger partial charge on any atom is 0.307 e. The number of nitrogens with zero attached hydrogens (tertiary/aromatic N) is 1. The Labute approximate surface area is 109 Å². The Hall–Kier alpha value is -2.23. The summed E-state index contributed by atoms with van der Waals surface area (Å²) in [6.07, 6.45) is 2.48. The van der Waals surface area contributed by atoms with Crippen LogP contribution < -0.4 is 0 Å². The lowest BCUT2D eigenvalue weighted by Gasteiger charge is -2.06. The molecule has 2 aromatic rings. The molecule has 0 saturated heterocycles. The van der Waals surface area contributed by atoms with Crippen LogP contribution in [0, 0.1) is 11.7 Å². The molecule has 1 heterocycles. The third-order valence-corrected chi connectivity index (χ3v) is 3.51. The Bertz CT molecular complexity index is 640. The van der Waals surface area contributed by atoms with Gasteiger partial charge in [-0.3, -0.25) is 9.78 Å². The second kappa shape index (κ2) is 4.46. The monoisotopic (exact) mass is 257 g/mol. The smallest absolute Gasteiger partial charge is 0.307 e. The molecule has 1 aromatic heterocycles. The van der Waals surface area contributed by atoms with Crippen LogP contribution in [0.4, 0.5) is 4.39 Å². The summed E-state index contributed by atoms with van der Waals surface area (Å²) in [5.74, 6) is -1.60. The van der Waals surface area contributed by atoms with Gasteiger partial charge in [-0.05, 0) is 48.2 Å². The zero-order valence-electron chi connectivity index (χ0n) is 10.1. The highest BCUT2D eigenvalue weighted by Crippen LogP contribution is 2.32. The fourth-order valence-corrected chi connectivity index (χ4v) is 2.54. The van der Waals surface area contributed by atoms with E-state index in [4.69, 9.17) is 5.11 Å². The number of benzene rings is 1. The van der Waals surface area contributed by atoms with E-state index in [2.05, 4.69) is 4.98 Å². The lowest BCUT2D eigenvalue weighted by atomic mass is 10.0. The van der Waals surface area contributed by atoms with Gasteiger partial charge in [0.15, 0.2) is 0 Å². The van der Waals surface area contributed by atoms with E-state index in [1.807, 2.05) is 0 Å². The lowest BCUT2D eigenvalue weighted by molar-refractivity contribution is -0.141. The topological polar surface area (TPSA) is 50.2 Å². The Morgan fingerprint density at radius 2 is 2.00 bits per heavy atom. The number of pyridine rings is 1. The molecule has 0 aliphatic heterocycles. The summed E-state index contributed by atoms with van der Waals surface area (Å²) in [4.78, 5) is 15.1. The fraction of sp³-hybridized carbons (Fsp3) is 0.200. The molecule has 1 N–H and O–H groups in total. The minimum Gasteiger partial charge on any atom is -0.481 e. The predicted octanol–water partition coefficient (Wildman–Crippen LogP) is 2.69. The minimum absolute atomic E-state index is 0.344. The average Bonchev–Trinajstić information content (AvgIpc) is 2.82. The van der Waals surface area contributed by atoms with Crippen LogP contribution in [0.2, 0.25) is 0 Å². The summed E-state index contributed by atoms with van der Waals surface area (Å²) in [6, 6.07) is 8.50. The number of fused-ring (bicyclic) bond motifs is 1. The number of halogens is 1. The molecule has 96 valence electrons. The van der Waals surface area contributed by atoms with Gasteiger partial charge in [0.2, 0.25) is 0 Å². The minimum atomic E-state index is -0.823. The van der Waals surface area contributed by atoms with Crippen LogP contribution in [0.25, 0.3) is 11.3 Å². The van der Waals surface area contributed by atoms with Crippen LogP contribution in [-0.2, 0) is 17.6 Å². The molecule has 19 heavy (non-hydrogen) atoms. The van der Waals surface area contributed by atoms with Crippen LogP contribution in [0.1, 0.15) is 11.1 Å². The second-order valence-corrected chi connectivity index (χ2v) is 4.76. The number of hydrogen-bond donors (Lipinski definition) is 1. The van der Waals surface area contributed by atoms with Gasteiger partial charge in [-0.1, -0.05) is 6.07 Å². The molecule has 0 spiro atoms. The van der Waals surface area contributed by atoms with Crippen LogP contribution in [0.15, 0.2) is 36.5 Å². The fourth-order valence-electron chi connectivity index (χ4n) is 2.54. The van der Waals surface area contributed by atoms with Crippen molar-refractivity contribution < 1.29 is 14.3 Å². The zero-order valence-corrected chi connectivity index (χ0v) is 10.1. The first-order chi connectivity index (χ1) is 9.15. The molecule has 0 radical (unpaired) electrons. The van der Waals surface area contributed by atoms with Gasteiger partial charge in [0, 0.05) is 11.8 Å². The second-order valence-electron chi connectivity index (χ2n) is 4.76. The number of carboxylic acids is 1. The van der Waals surface area contributed by atoms with Crippen molar-refractivity contribution in [1.82, 2.24) is 4.98 Å². The number of carboxylic acid groups (broad SMARTS) is 1. The molecule has 0 fully saturated rings. The first kappa shape index (κ1) is 11.8. The maximum absolute atomic E-state index is 14.1. The Morgan fingerprint density at radius 1 is 1.26 bits per heavy atom. The van der Waals surface area contributed by atoms with E-state index in [0.29, 0.717) is 24.1 Å². The number of carbonyl (C=O) groups is 1. The van der Waals surface area contributed by atoms with E-state index < -0.39 is 11.9 Å². The normalized spacial score (nSPS) is 17.2. The van der Waals surface area contributed by atoms with Gasteiger partial charge in [-0.2, -0.15) is 0 Å². The molecule has 1 atom stereocenters. The molecule has 0 amide bonds. The van der Waals surface area contributed by atoms with Crippen molar-refractivity contribution in [2.24, 2.45) is 5.92 Å². The van der Waals surface area contributed by atoms with Crippen LogP contribution in [0.3, 0.4) is 0 Å². The average molecular weight is 257 g/mol. The number of hydrogen-bond acceptors (Lipinski definition) is 2. The van der Waals surface area contributed by atoms with Gasteiger partial charge in [0.1, 0.15) is 5.82 Å². The third-order valence-electron chi connectivity index (χ3n) is 3.51. The molecule has 1 aliphatic rings. The van der Waals surface area contributed by atoms with Gasteiger partial charge in [0.05, 0.1) is 11.6 Å². The summed E-state index contributed by atoms with van der Waals surface area (Å²) < 4.78 is 14.1. The molecule has 1 unspecified atom stereocenters. The Balaban J connectivity index is 2.03. The Morgan fingerprint density at radius 3 is 2.63 bits per heavy atom. The van der Waals surface area contributed by atoms with Crippen LogP contribution in [0.5, 0.6) is 0 Å². The van der Waals surface area contributed by atoms with E-state index >= 15 is 0 Å². The third kappa shape index (κ3) is 2.10. The number of aromatic nitrogens is 1. The van der Waals surface area contributed by atoms with Crippen molar-refractivity contribution in [3.8, 4) is 11.3 Å². The van der Waals surface area contributed by atoms with Gasteiger partial charge in [0.25, 0.3) is 0 Å². The highest BCUT2D eigenvalue weighted by Gasteiger charge is 2.28. The van der Waals surface area contributed by atoms with Gasteiger partial charge >= 0.3 is 5.97 Å². The molecule has 1 aliphatic carbocycles.